The second kappa shape index (κ2) is 8.60. The van der Waals surface area contributed by atoms with Gasteiger partial charge in [0.1, 0.15) is 15.3 Å². The normalized spacial score (nSPS) is 20.5. The van der Waals surface area contributed by atoms with Gasteiger partial charge in [-0.1, -0.05) is 18.5 Å². The van der Waals surface area contributed by atoms with E-state index in [1.807, 2.05) is 0 Å². The zero-order chi connectivity index (χ0) is 21.5. The van der Waals surface area contributed by atoms with Crippen molar-refractivity contribution in [1.82, 2.24) is 4.31 Å². The number of thiophene rings is 2. The summed E-state index contributed by atoms with van der Waals surface area (Å²) in [5.74, 6) is 0.193. The molecule has 3 heterocycles. The van der Waals surface area contributed by atoms with Crippen LogP contribution in [-0.2, 0) is 27.7 Å². The summed E-state index contributed by atoms with van der Waals surface area (Å²) in [6.45, 7) is 2.79. The van der Waals surface area contributed by atoms with Crippen LogP contribution in [0.2, 0.25) is 4.34 Å². The first kappa shape index (κ1) is 21.8. The number of amides is 1. The topological polar surface area (TPSA) is 90.3 Å². The average Bonchev–Trinajstić information content (AvgIpc) is 3.31. The highest BCUT2D eigenvalue weighted by Gasteiger charge is 2.34. The van der Waals surface area contributed by atoms with Gasteiger partial charge in [-0.25, -0.2) is 8.42 Å². The van der Waals surface area contributed by atoms with Crippen molar-refractivity contribution >= 4 is 55.2 Å². The predicted molar refractivity (Wildman–Crippen MR) is 120 cm³/mol. The van der Waals surface area contributed by atoms with Gasteiger partial charge in [-0.2, -0.15) is 9.57 Å². The van der Waals surface area contributed by atoms with Gasteiger partial charge in [-0.3, -0.25) is 4.79 Å². The van der Waals surface area contributed by atoms with Crippen LogP contribution >= 0.6 is 34.3 Å². The van der Waals surface area contributed by atoms with Crippen molar-refractivity contribution in [3.8, 4) is 6.07 Å². The fourth-order valence-electron chi connectivity index (χ4n) is 4.09. The molecule has 1 N–H and O–H groups in total. The summed E-state index contributed by atoms with van der Waals surface area (Å²) in [7, 11) is -3.57. The number of nitrogens with one attached hydrogen (secondary N) is 1. The van der Waals surface area contributed by atoms with Crippen LogP contribution in [0, 0.1) is 23.2 Å². The number of sulfonamides is 1. The van der Waals surface area contributed by atoms with Crippen LogP contribution in [0.15, 0.2) is 16.3 Å². The Morgan fingerprint density at radius 3 is 2.63 bits per heavy atom. The average molecular weight is 484 g/mol. The highest BCUT2D eigenvalue weighted by atomic mass is 35.5. The van der Waals surface area contributed by atoms with Crippen LogP contribution < -0.4 is 5.32 Å². The van der Waals surface area contributed by atoms with E-state index in [0.29, 0.717) is 46.7 Å². The minimum atomic E-state index is -3.57. The molecule has 0 bridgehead atoms. The van der Waals surface area contributed by atoms with E-state index in [1.54, 1.807) is 6.07 Å². The number of fused-ring (bicyclic) bond motifs is 1. The fourth-order valence-corrected chi connectivity index (χ4v) is 8.56. The van der Waals surface area contributed by atoms with Crippen molar-refractivity contribution in [2.45, 2.75) is 43.2 Å². The summed E-state index contributed by atoms with van der Waals surface area (Å²) in [5, 5.41) is 13.2. The van der Waals surface area contributed by atoms with Crippen LogP contribution in [0.1, 0.15) is 42.2 Å². The molecule has 1 aliphatic heterocycles. The monoisotopic (exact) mass is 483 g/mol. The first-order chi connectivity index (χ1) is 14.3. The minimum absolute atomic E-state index is 0.130. The molecule has 10 heteroatoms. The maximum Gasteiger partial charge on any atom is 0.252 e. The first-order valence-electron chi connectivity index (χ1n) is 9.90. The number of rotatable bonds is 4. The van der Waals surface area contributed by atoms with E-state index in [0.717, 1.165) is 36.2 Å². The number of carbonyl (C=O) groups is 1. The molecule has 1 aliphatic carbocycles. The molecule has 1 amide bonds. The molecule has 2 aromatic heterocycles. The molecular weight excluding hydrogens is 462 g/mol. The van der Waals surface area contributed by atoms with Crippen molar-refractivity contribution in [3.05, 3.63) is 32.5 Å². The first-order valence-corrected chi connectivity index (χ1v) is 13.4. The zero-order valence-corrected chi connectivity index (χ0v) is 19.7. The van der Waals surface area contributed by atoms with E-state index < -0.39 is 10.0 Å². The Labute approximate surface area is 189 Å². The predicted octanol–water partition coefficient (Wildman–Crippen LogP) is 4.50. The summed E-state index contributed by atoms with van der Waals surface area (Å²) in [6, 6.07) is 5.37. The lowest BCUT2D eigenvalue weighted by atomic mass is 9.88. The smallest absolute Gasteiger partial charge is 0.252 e. The lowest BCUT2D eigenvalue weighted by molar-refractivity contribution is -0.120. The quantitative estimate of drug-likeness (QED) is 0.693. The molecule has 1 saturated heterocycles. The third kappa shape index (κ3) is 4.16. The largest absolute Gasteiger partial charge is 0.316 e. The number of hydrogen-bond acceptors (Lipinski definition) is 6. The number of nitrogens with zero attached hydrogens (tertiary/aromatic N) is 2. The van der Waals surface area contributed by atoms with Crippen molar-refractivity contribution in [3.63, 3.8) is 0 Å². The summed E-state index contributed by atoms with van der Waals surface area (Å²) in [6.07, 6.45) is 3.80. The number of nitriles is 1. The lowest BCUT2D eigenvalue weighted by Crippen LogP contribution is -2.41. The molecule has 2 aliphatic rings. The molecule has 30 heavy (non-hydrogen) atoms. The lowest BCUT2D eigenvalue weighted by Gasteiger charge is -2.30. The molecule has 0 spiro atoms. The molecule has 1 fully saturated rings. The van der Waals surface area contributed by atoms with Crippen LogP contribution in [-0.4, -0.2) is 31.7 Å². The Morgan fingerprint density at radius 1 is 1.27 bits per heavy atom. The highest BCUT2D eigenvalue weighted by Crippen LogP contribution is 2.39. The van der Waals surface area contributed by atoms with Gasteiger partial charge in [0.05, 0.1) is 9.90 Å². The fraction of sp³-hybridized carbons (Fsp3) is 0.500. The van der Waals surface area contributed by atoms with Gasteiger partial charge in [-0.05, 0) is 55.7 Å². The Morgan fingerprint density at radius 2 is 2.00 bits per heavy atom. The number of carbonyl (C=O) groups excluding carboxylic acids is 1. The molecule has 1 atom stereocenters. The zero-order valence-electron chi connectivity index (χ0n) is 16.5. The highest BCUT2D eigenvalue weighted by molar-refractivity contribution is 7.91. The van der Waals surface area contributed by atoms with E-state index in [1.165, 1.54) is 26.6 Å². The van der Waals surface area contributed by atoms with Gasteiger partial charge in [0, 0.05) is 23.9 Å². The van der Waals surface area contributed by atoms with E-state index in [2.05, 4.69) is 18.3 Å². The Kier molecular flexibility index (Phi) is 6.24. The Hall–Kier alpha value is -1.44. The van der Waals surface area contributed by atoms with Crippen LogP contribution in [0.25, 0.3) is 0 Å². The van der Waals surface area contributed by atoms with E-state index >= 15 is 0 Å². The van der Waals surface area contributed by atoms with Gasteiger partial charge in [0.2, 0.25) is 5.91 Å². The van der Waals surface area contributed by atoms with Gasteiger partial charge in [0.25, 0.3) is 10.0 Å². The van der Waals surface area contributed by atoms with Gasteiger partial charge in [0.15, 0.2) is 0 Å². The molecule has 0 aromatic carbocycles. The maximum absolute atomic E-state index is 12.8. The molecule has 0 saturated carbocycles. The molecule has 6 nitrogen and oxygen atoms in total. The van der Waals surface area contributed by atoms with E-state index in [4.69, 9.17) is 11.6 Å². The minimum Gasteiger partial charge on any atom is -0.316 e. The van der Waals surface area contributed by atoms with Crippen molar-refractivity contribution in [2.24, 2.45) is 11.8 Å². The summed E-state index contributed by atoms with van der Waals surface area (Å²) in [4.78, 5) is 14.1. The molecule has 4 rings (SSSR count). The summed E-state index contributed by atoms with van der Waals surface area (Å²) in [5.41, 5.74) is 1.69. The Balaban J connectivity index is 1.42. The van der Waals surface area contributed by atoms with E-state index in [-0.39, 0.29) is 16.0 Å². The third-order valence-corrected chi connectivity index (χ3v) is 10.6. The van der Waals surface area contributed by atoms with Crippen LogP contribution in [0.4, 0.5) is 5.00 Å². The standard InChI is InChI=1S/C20H22ClN3O3S3/c1-12-2-3-14-15(11-22)20(28-16(14)10-12)23-19(25)13-6-8-24(9-7-13)30(26,27)18-5-4-17(21)29-18/h4-5,12-13H,2-3,6-10H2,1H3,(H,23,25). The third-order valence-electron chi connectivity index (χ3n) is 5.83. The van der Waals surface area contributed by atoms with Gasteiger partial charge in [-0.15, -0.1) is 22.7 Å². The van der Waals surface area contributed by atoms with Crippen molar-refractivity contribution in [2.75, 3.05) is 18.4 Å². The van der Waals surface area contributed by atoms with Crippen LogP contribution in [0.5, 0.6) is 0 Å². The molecular formula is C20H22ClN3O3S3. The molecule has 1 unspecified atom stereocenters. The molecule has 0 radical (unpaired) electrons. The summed E-state index contributed by atoms with van der Waals surface area (Å²) < 4.78 is 27.6. The molecule has 160 valence electrons. The summed E-state index contributed by atoms with van der Waals surface area (Å²) >= 11 is 8.43. The number of halogens is 1. The van der Waals surface area contributed by atoms with Crippen molar-refractivity contribution < 1.29 is 13.2 Å². The molecule has 2 aromatic rings. The van der Waals surface area contributed by atoms with Gasteiger partial charge < -0.3 is 5.32 Å². The van der Waals surface area contributed by atoms with E-state index in [9.17, 15) is 18.5 Å². The number of hydrogen-bond donors (Lipinski definition) is 1. The number of piperidine rings is 1. The maximum atomic E-state index is 12.8. The second-order valence-corrected chi connectivity index (χ2v) is 12.9. The van der Waals surface area contributed by atoms with Crippen molar-refractivity contribution in [1.29, 1.82) is 5.26 Å². The SMILES string of the molecule is CC1CCc2c(sc(NC(=O)C3CCN(S(=O)(=O)c4ccc(Cl)s4)CC3)c2C#N)C1. The Bertz CT molecular complexity index is 1110. The van der Waals surface area contributed by atoms with Crippen LogP contribution in [0.3, 0.4) is 0 Å². The second-order valence-electron chi connectivity index (χ2n) is 7.89. The number of anilines is 1. The van der Waals surface area contributed by atoms with Gasteiger partial charge >= 0.3 is 0 Å².